The molecule has 1 aliphatic rings. The van der Waals surface area contributed by atoms with Crippen molar-refractivity contribution in [1.82, 2.24) is 14.5 Å². The quantitative estimate of drug-likeness (QED) is 0.302. The van der Waals surface area contributed by atoms with E-state index in [1.807, 2.05) is 78.6 Å². The number of fused-ring (bicyclic) bond motifs is 1. The Kier molecular flexibility index (Phi) is 5.85. The minimum atomic E-state index is -0.319. The molecular formula is C25H23N3O2S2. The summed E-state index contributed by atoms with van der Waals surface area (Å²) in [6.07, 6.45) is 2.11. The lowest BCUT2D eigenvalue weighted by Gasteiger charge is -2.20. The Labute approximate surface area is 194 Å². The second-order valence-corrected chi connectivity index (χ2v) is 10.2. The van der Waals surface area contributed by atoms with Gasteiger partial charge in [-0.05, 0) is 43.5 Å². The molecule has 1 aliphatic heterocycles. The van der Waals surface area contributed by atoms with Gasteiger partial charge in [0.2, 0.25) is 5.91 Å². The number of carbonyl (C=O) groups excluding carboxylic acids is 1. The third-order valence-corrected chi connectivity index (χ3v) is 7.77. The van der Waals surface area contributed by atoms with Crippen LogP contribution in [0.1, 0.15) is 19.8 Å². The Morgan fingerprint density at radius 2 is 1.69 bits per heavy atom. The van der Waals surface area contributed by atoms with Crippen molar-refractivity contribution < 1.29 is 4.79 Å². The maximum Gasteiger partial charge on any atom is 0.267 e. The third-order valence-electron chi connectivity index (χ3n) is 5.65. The van der Waals surface area contributed by atoms with Crippen molar-refractivity contribution in [2.45, 2.75) is 30.2 Å². The summed E-state index contributed by atoms with van der Waals surface area (Å²) < 4.78 is 1.64. The molecular weight excluding hydrogens is 438 g/mol. The molecule has 162 valence electrons. The maximum absolute atomic E-state index is 13.6. The molecule has 0 bridgehead atoms. The molecule has 1 amide bonds. The van der Waals surface area contributed by atoms with Crippen molar-refractivity contribution in [1.29, 1.82) is 0 Å². The Hall–Kier alpha value is -2.90. The van der Waals surface area contributed by atoms with Crippen molar-refractivity contribution in [2.24, 2.45) is 0 Å². The van der Waals surface area contributed by atoms with Crippen molar-refractivity contribution in [3.05, 3.63) is 77.1 Å². The van der Waals surface area contributed by atoms with E-state index in [1.165, 1.54) is 23.1 Å². The number of rotatable bonds is 5. The molecule has 0 radical (unpaired) electrons. The van der Waals surface area contributed by atoms with Crippen LogP contribution in [-0.4, -0.2) is 38.7 Å². The van der Waals surface area contributed by atoms with Gasteiger partial charge in [-0.1, -0.05) is 60.3 Å². The van der Waals surface area contributed by atoms with E-state index < -0.39 is 0 Å². The number of nitrogens with zero attached hydrogens (tertiary/aromatic N) is 3. The average Bonchev–Trinajstić information content (AvgIpc) is 3.50. The third kappa shape index (κ3) is 3.98. The SMILES string of the molecule is CC(Sc1nc2sc(-c3ccccc3)cc2c(=O)n1-c1ccccc1)C(=O)N1CCCC1. The number of aromatic nitrogens is 2. The molecule has 0 aliphatic carbocycles. The van der Waals surface area contributed by atoms with E-state index in [1.54, 1.807) is 4.57 Å². The van der Waals surface area contributed by atoms with Gasteiger partial charge in [0.1, 0.15) is 4.83 Å². The first kappa shape index (κ1) is 21.0. The molecule has 1 unspecified atom stereocenters. The van der Waals surface area contributed by atoms with Crippen LogP contribution >= 0.6 is 23.1 Å². The van der Waals surface area contributed by atoms with E-state index in [0.717, 1.165) is 42.1 Å². The molecule has 7 heteroatoms. The van der Waals surface area contributed by atoms with Gasteiger partial charge in [0, 0.05) is 18.0 Å². The van der Waals surface area contributed by atoms with E-state index in [2.05, 4.69) is 0 Å². The predicted molar refractivity (Wildman–Crippen MR) is 132 cm³/mol. The second-order valence-electron chi connectivity index (χ2n) is 7.86. The van der Waals surface area contributed by atoms with Gasteiger partial charge in [0.15, 0.2) is 5.16 Å². The highest BCUT2D eigenvalue weighted by molar-refractivity contribution is 8.00. The van der Waals surface area contributed by atoms with E-state index in [0.29, 0.717) is 15.4 Å². The van der Waals surface area contributed by atoms with Crippen LogP contribution in [0.2, 0.25) is 0 Å². The molecule has 4 aromatic rings. The minimum Gasteiger partial charge on any atom is -0.342 e. The lowest BCUT2D eigenvalue weighted by molar-refractivity contribution is -0.129. The Bertz CT molecular complexity index is 1310. The zero-order valence-corrected chi connectivity index (χ0v) is 19.4. The zero-order chi connectivity index (χ0) is 22.1. The highest BCUT2D eigenvalue weighted by Crippen LogP contribution is 2.34. The topological polar surface area (TPSA) is 55.2 Å². The molecule has 1 atom stereocenters. The highest BCUT2D eigenvalue weighted by Gasteiger charge is 2.26. The van der Waals surface area contributed by atoms with Crippen LogP contribution in [0.3, 0.4) is 0 Å². The van der Waals surface area contributed by atoms with E-state index >= 15 is 0 Å². The number of likely N-dealkylation sites (tertiary alicyclic amines) is 1. The lowest BCUT2D eigenvalue weighted by Crippen LogP contribution is -2.34. The Balaban J connectivity index is 1.61. The van der Waals surface area contributed by atoms with Gasteiger partial charge >= 0.3 is 0 Å². The molecule has 3 heterocycles. The standard InChI is InChI=1S/C25H23N3O2S2/c1-17(23(29)27-14-8-9-15-27)31-25-26-22-20(16-21(32-22)18-10-4-2-5-11-18)24(30)28(25)19-12-6-3-7-13-19/h2-7,10-13,16-17H,8-9,14-15H2,1H3. The number of thioether (sulfide) groups is 1. The first-order chi connectivity index (χ1) is 15.6. The van der Waals surface area contributed by atoms with E-state index in [-0.39, 0.29) is 16.7 Å². The van der Waals surface area contributed by atoms with E-state index in [9.17, 15) is 9.59 Å². The number of benzene rings is 2. The first-order valence-corrected chi connectivity index (χ1v) is 12.4. The lowest BCUT2D eigenvalue weighted by atomic mass is 10.2. The van der Waals surface area contributed by atoms with Crippen molar-refractivity contribution in [2.75, 3.05) is 13.1 Å². The largest absolute Gasteiger partial charge is 0.342 e. The maximum atomic E-state index is 13.6. The molecule has 32 heavy (non-hydrogen) atoms. The summed E-state index contributed by atoms with van der Waals surface area (Å²) in [5.74, 6) is 0.109. The highest BCUT2D eigenvalue weighted by atomic mass is 32.2. The van der Waals surface area contributed by atoms with Crippen molar-refractivity contribution >= 4 is 39.2 Å². The fourth-order valence-corrected chi connectivity index (χ4v) is 6.08. The number of hydrogen-bond acceptors (Lipinski definition) is 5. The van der Waals surface area contributed by atoms with E-state index in [4.69, 9.17) is 4.98 Å². The smallest absolute Gasteiger partial charge is 0.267 e. The summed E-state index contributed by atoms with van der Waals surface area (Å²) in [5, 5.41) is 0.830. The number of amides is 1. The van der Waals surface area contributed by atoms with Crippen molar-refractivity contribution in [3.8, 4) is 16.1 Å². The average molecular weight is 462 g/mol. The molecule has 1 saturated heterocycles. The Morgan fingerprint density at radius 1 is 1.03 bits per heavy atom. The predicted octanol–water partition coefficient (Wildman–Crippen LogP) is 5.22. The number of thiophene rings is 1. The van der Waals surface area contributed by atoms with Gasteiger partial charge in [-0.3, -0.25) is 14.2 Å². The number of carbonyl (C=O) groups is 1. The summed E-state index contributed by atoms with van der Waals surface area (Å²) in [4.78, 5) is 35.1. The molecule has 5 rings (SSSR count). The molecule has 0 saturated carbocycles. The fourth-order valence-electron chi connectivity index (χ4n) is 3.99. The number of hydrogen-bond donors (Lipinski definition) is 0. The normalized spacial score (nSPS) is 14.7. The van der Waals surface area contributed by atoms with Gasteiger partial charge in [0.05, 0.1) is 16.3 Å². The molecule has 0 N–H and O–H groups in total. The van der Waals surface area contributed by atoms with Gasteiger partial charge in [-0.25, -0.2) is 4.98 Å². The van der Waals surface area contributed by atoms with Crippen LogP contribution in [0.15, 0.2) is 76.7 Å². The summed E-state index contributed by atoms with van der Waals surface area (Å²) in [7, 11) is 0. The summed E-state index contributed by atoms with van der Waals surface area (Å²) in [5.41, 5.74) is 1.71. The molecule has 5 nitrogen and oxygen atoms in total. The summed E-state index contributed by atoms with van der Waals surface area (Å²) >= 11 is 2.87. The molecule has 2 aromatic carbocycles. The Morgan fingerprint density at radius 3 is 2.38 bits per heavy atom. The molecule has 0 spiro atoms. The summed E-state index contributed by atoms with van der Waals surface area (Å²) in [6.45, 7) is 3.53. The second kappa shape index (κ2) is 8.92. The monoisotopic (exact) mass is 461 g/mol. The number of para-hydroxylation sites is 1. The first-order valence-electron chi connectivity index (χ1n) is 10.7. The zero-order valence-electron chi connectivity index (χ0n) is 17.7. The van der Waals surface area contributed by atoms with Gasteiger partial charge in [0.25, 0.3) is 5.56 Å². The van der Waals surface area contributed by atoms with Crippen LogP contribution in [0, 0.1) is 0 Å². The minimum absolute atomic E-state index is 0.108. The van der Waals surface area contributed by atoms with Crippen LogP contribution in [-0.2, 0) is 4.79 Å². The van der Waals surface area contributed by atoms with Crippen LogP contribution < -0.4 is 5.56 Å². The van der Waals surface area contributed by atoms with Crippen LogP contribution in [0.4, 0.5) is 0 Å². The molecule has 1 fully saturated rings. The fraction of sp³-hybridized carbons (Fsp3) is 0.240. The van der Waals surface area contributed by atoms with Gasteiger partial charge < -0.3 is 4.90 Å². The van der Waals surface area contributed by atoms with Crippen LogP contribution in [0.25, 0.3) is 26.3 Å². The van der Waals surface area contributed by atoms with Crippen molar-refractivity contribution in [3.63, 3.8) is 0 Å². The summed E-state index contributed by atoms with van der Waals surface area (Å²) in [6, 6.07) is 21.5. The van der Waals surface area contributed by atoms with Gasteiger partial charge in [-0.15, -0.1) is 11.3 Å². The van der Waals surface area contributed by atoms with Gasteiger partial charge in [-0.2, -0.15) is 0 Å². The molecule has 2 aromatic heterocycles. The van der Waals surface area contributed by atoms with Crippen LogP contribution in [0.5, 0.6) is 0 Å².